The Labute approximate surface area is 127 Å². The highest BCUT2D eigenvalue weighted by Gasteiger charge is 1.95. The second-order valence-electron chi connectivity index (χ2n) is 4.30. The largest absolute Gasteiger partial charge is 0.379 e. The Bertz CT molecular complexity index is 229. The van der Waals surface area contributed by atoms with Crippen LogP contribution in [0, 0.1) is 0 Å². The summed E-state index contributed by atoms with van der Waals surface area (Å²) in [5.41, 5.74) is 5.34. The first kappa shape index (κ1) is 20.3. The van der Waals surface area contributed by atoms with Gasteiger partial charge in [-0.05, 0) is 13.0 Å². The van der Waals surface area contributed by atoms with Crippen molar-refractivity contribution < 1.29 is 23.7 Å². The molecule has 0 saturated heterocycles. The third-order valence-electron chi connectivity index (χ3n) is 2.50. The fourth-order valence-corrected chi connectivity index (χ4v) is 1.33. The summed E-state index contributed by atoms with van der Waals surface area (Å²) in [5.74, 6) is 0.0407. The second-order valence-corrected chi connectivity index (χ2v) is 4.30. The molecule has 0 aromatic carbocycles. The molecule has 0 aliphatic carbocycles. The van der Waals surface area contributed by atoms with Gasteiger partial charge in [-0.15, -0.1) is 0 Å². The van der Waals surface area contributed by atoms with Crippen molar-refractivity contribution >= 4 is 5.91 Å². The van der Waals surface area contributed by atoms with E-state index < -0.39 is 0 Å². The molecule has 0 heterocycles. The van der Waals surface area contributed by atoms with E-state index in [-0.39, 0.29) is 5.91 Å². The summed E-state index contributed by atoms with van der Waals surface area (Å²) in [6.07, 6.45) is 1.38. The summed E-state index contributed by atoms with van der Waals surface area (Å²) >= 11 is 0. The van der Waals surface area contributed by atoms with E-state index in [1.807, 2.05) is 6.92 Å². The Morgan fingerprint density at radius 1 is 0.857 bits per heavy atom. The lowest BCUT2D eigenvalue weighted by Crippen LogP contribution is -2.26. The number of ether oxygens (including phenoxy) is 4. The van der Waals surface area contributed by atoms with E-state index in [2.05, 4.69) is 5.32 Å². The van der Waals surface area contributed by atoms with Crippen LogP contribution in [0.5, 0.6) is 0 Å². The third kappa shape index (κ3) is 17.2. The molecule has 0 radical (unpaired) electrons. The van der Waals surface area contributed by atoms with Gasteiger partial charge in [0.25, 0.3) is 0 Å². The molecular weight excluding hydrogens is 276 g/mol. The van der Waals surface area contributed by atoms with Crippen LogP contribution < -0.4 is 11.1 Å². The Hall–Kier alpha value is -0.730. The Balaban J connectivity index is 2.98. The van der Waals surface area contributed by atoms with Crippen molar-refractivity contribution in [2.45, 2.75) is 19.8 Å². The fraction of sp³-hybridized carbons (Fsp3) is 0.929. The maximum Gasteiger partial charge on any atom is 0.219 e. The SMILES string of the molecule is CCC(=O)NCCOCCOCCOCCOCCCN. The summed E-state index contributed by atoms with van der Waals surface area (Å²) in [4.78, 5) is 10.9. The molecule has 1 amide bonds. The molecule has 7 heteroatoms. The average Bonchev–Trinajstić information content (AvgIpc) is 2.50. The first-order chi connectivity index (χ1) is 10.3. The predicted molar refractivity (Wildman–Crippen MR) is 80.2 cm³/mol. The fourth-order valence-electron chi connectivity index (χ4n) is 1.33. The van der Waals surface area contributed by atoms with E-state index in [0.717, 1.165) is 6.42 Å². The van der Waals surface area contributed by atoms with E-state index in [1.54, 1.807) is 0 Å². The number of carbonyl (C=O) groups is 1. The Morgan fingerprint density at radius 2 is 1.33 bits per heavy atom. The minimum absolute atomic E-state index is 0.0407. The summed E-state index contributed by atoms with van der Waals surface area (Å²) in [6.45, 7) is 7.50. The Kier molecular flexibility index (Phi) is 16.7. The van der Waals surface area contributed by atoms with Gasteiger partial charge >= 0.3 is 0 Å². The first-order valence-corrected chi connectivity index (χ1v) is 7.59. The molecule has 0 atom stereocenters. The van der Waals surface area contributed by atoms with Crippen molar-refractivity contribution in [1.82, 2.24) is 5.32 Å². The quantitative estimate of drug-likeness (QED) is 0.388. The van der Waals surface area contributed by atoms with Crippen LogP contribution in [-0.2, 0) is 23.7 Å². The van der Waals surface area contributed by atoms with Gasteiger partial charge in [0.2, 0.25) is 5.91 Å². The van der Waals surface area contributed by atoms with E-state index in [9.17, 15) is 4.79 Å². The normalized spacial score (nSPS) is 10.8. The van der Waals surface area contributed by atoms with Crippen LogP contribution in [0.1, 0.15) is 19.8 Å². The van der Waals surface area contributed by atoms with Gasteiger partial charge in [-0.3, -0.25) is 4.79 Å². The van der Waals surface area contributed by atoms with Crippen LogP contribution in [0.15, 0.2) is 0 Å². The van der Waals surface area contributed by atoms with Gasteiger partial charge in [-0.2, -0.15) is 0 Å². The topological polar surface area (TPSA) is 92.0 Å². The number of amides is 1. The predicted octanol–water partition coefficient (Wildman–Crippen LogP) is -0.0722. The molecule has 0 aliphatic heterocycles. The van der Waals surface area contributed by atoms with Gasteiger partial charge in [-0.1, -0.05) is 6.92 Å². The summed E-state index contributed by atoms with van der Waals surface area (Å²) in [5, 5.41) is 2.73. The van der Waals surface area contributed by atoms with Crippen molar-refractivity contribution in [2.75, 3.05) is 65.9 Å². The maximum atomic E-state index is 10.9. The smallest absolute Gasteiger partial charge is 0.219 e. The van der Waals surface area contributed by atoms with Crippen LogP contribution in [-0.4, -0.2) is 71.9 Å². The number of carbonyl (C=O) groups excluding carboxylic acids is 1. The zero-order valence-electron chi connectivity index (χ0n) is 13.1. The first-order valence-electron chi connectivity index (χ1n) is 7.59. The lowest BCUT2D eigenvalue weighted by Gasteiger charge is -2.07. The number of nitrogens with two attached hydrogens (primary N) is 1. The molecule has 0 bridgehead atoms. The molecule has 0 saturated carbocycles. The molecule has 0 aliphatic rings. The van der Waals surface area contributed by atoms with Crippen LogP contribution in [0.3, 0.4) is 0 Å². The molecule has 21 heavy (non-hydrogen) atoms. The van der Waals surface area contributed by atoms with Gasteiger partial charge in [0.15, 0.2) is 0 Å². The summed E-state index contributed by atoms with van der Waals surface area (Å²) in [6, 6.07) is 0. The summed E-state index contributed by atoms with van der Waals surface area (Å²) in [7, 11) is 0. The van der Waals surface area contributed by atoms with Crippen LogP contribution >= 0.6 is 0 Å². The molecule has 0 aromatic rings. The molecule has 3 N–H and O–H groups in total. The average molecular weight is 306 g/mol. The van der Waals surface area contributed by atoms with Crippen LogP contribution in [0.25, 0.3) is 0 Å². The number of nitrogens with one attached hydrogen (secondary N) is 1. The van der Waals surface area contributed by atoms with Crippen LogP contribution in [0.4, 0.5) is 0 Å². The van der Waals surface area contributed by atoms with Gasteiger partial charge in [0.05, 0.1) is 46.2 Å². The number of hydrogen-bond acceptors (Lipinski definition) is 6. The van der Waals surface area contributed by atoms with Crippen molar-refractivity contribution in [3.63, 3.8) is 0 Å². The molecule has 0 unspecified atom stereocenters. The molecular formula is C14H30N2O5. The van der Waals surface area contributed by atoms with Crippen molar-refractivity contribution in [3.05, 3.63) is 0 Å². The highest BCUT2D eigenvalue weighted by Crippen LogP contribution is 1.84. The lowest BCUT2D eigenvalue weighted by atomic mass is 10.4. The van der Waals surface area contributed by atoms with Gasteiger partial charge in [0, 0.05) is 19.6 Å². The standard InChI is InChI=1S/C14H30N2O5/c1-2-14(17)16-5-7-19-9-11-21-13-12-20-10-8-18-6-3-4-15/h2-13,15H2,1H3,(H,16,17). The second kappa shape index (κ2) is 17.3. The minimum atomic E-state index is 0.0407. The third-order valence-corrected chi connectivity index (χ3v) is 2.50. The summed E-state index contributed by atoms with van der Waals surface area (Å²) < 4.78 is 21.2. The monoisotopic (exact) mass is 306 g/mol. The maximum absolute atomic E-state index is 10.9. The van der Waals surface area contributed by atoms with Crippen molar-refractivity contribution in [2.24, 2.45) is 5.73 Å². The van der Waals surface area contributed by atoms with E-state index in [1.165, 1.54) is 0 Å². The van der Waals surface area contributed by atoms with Crippen molar-refractivity contribution in [3.8, 4) is 0 Å². The number of hydrogen-bond donors (Lipinski definition) is 2. The van der Waals surface area contributed by atoms with E-state index >= 15 is 0 Å². The Morgan fingerprint density at radius 3 is 1.81 bits per heavy atom. The molecule has 7 nitrogen and oxygen atoms in total. The van der Waals surface area contributed by atoms with E-state index in [4.69, 9.17) is 24.7 Å². The molecule has 0 spiro atoms. The lowest BCUT2D eigenvalue weighted by molar-refractivity contribution is -0.121. The highest BCUT2D eigenvalue weighted by molar-refractivity contribution is 5.75. The van der Waals surface area contributed by atoms with Gasteiger partial charge in [-0.25, -0.2) is 0 Å². The van der Waals surface area contributed by atoms with E-state index in [0.29, 0.717) is 72.4 Å². The zero-order valence-corrected chi connectivity index (χ0v) is 13.1. The minimum Gasteiger partial charge on any atom is -0.379 e. The molecule has 0 rings (SSSR count). The molecule has 0 aromatic heterocycles. The number of rotatable bonds is 16. The van der Waals surface area contributed by atoms with Gasteiger partial charge in [0.1, 0.15) is 0 Å². The zero-order chi connectivity index (χ0) is 15.6. The molecule has 126 valence electrons. The van der Waals surface area contributed by atoms with Crippen molar-refractivity contribution in [1.29, 1.82) is 0 Å². The molecule has 0 fully saturated rings. The highest BCUT2D eigenvalue weighted by atomic mass is 16.6. The van der Waals surface area contributed by atoms with Crippen LogP contribution in [0.2, 0.25) is 0 Å². The van der Waals surface area contributed by atoms with Gasteiger partial charge < -0.3 is 30.0 Å².